The Kier molecular flexibility index (Phi) is 7.04. The Morgan fingerprint density at radius 3 is 2.82 bits per heavy atom. The molecular weight excluding hydrogens is 355 g/mol. The molecule has 150 valence electrons. The van der Waals surface area contributed by atoms with Crippen LogP contribution in [0.1, 0.15) is 37.3 Å². The molecular formula is C23H29FN2O2. The van der Waals surface area contributed by atoms with Gasteiger partial charge < -0.3 is 15.0 Å². The summed E-state index contributed by atoms with van der Waals surface area (Å²) in [5, 5.41) is 3.08. The Morgan fingerprint density at radius 2 is 2.11 bits per heavy atom. The van der Waals surface area contributed by atoms with Gasteiger partial charge in [0.1, 0.15) is 5.82 Å². The van der Waals surface area contributed by atoms with Crippen molar-refractivity contribution >= 4 is 12.0 Å². The zero-order valence-electron chi connectivity index (χ0n) is 16.7. The minimum atomic E-state index is -0.292. The fraction of sp³-hybridized carbons (Fsp3) is 0.435. The number of aryl methyl sites for hydroxylation is 1. The van der Waals surface area contributed by atoms with E-state index in [1.165, 1.54) is 29.5 Å². The molecule has 1 N–H and O–H groups in total. The summed E-state index contributed by atoms with van der Waals surface area (Å²) in [5.74, 6) is -0.457. The number of halogens is 1. The summed E-state index contributed by atoms with van der Waals surface area (Å²) in [6, 6.07) is 4.72. The highest BCUT2D eigenvalue weighted by Crippen LogP contribution is 2.24. The van der Waals surface area contributed by atoms with Gasteiger partial charge in [-0.1, -0.05) is 19.1 Å². The van der Waals surface area contributed by atoms with Crippen molar-refractivity contribution in [3.63, 3.8) is 0 Å². The van der Waals surface area contributed by atoms with Crippen molar-refractivity contribution in [1.82, 2.24) is 10.2 Å². The van der Waals surface area contributed by atoms with Gasteiger partial charge in [-0.2, -0.15) is 0 Å². The molecule has 1 fully saturated rings. The Bertz CT molecular complexity index is 772. The van der Waals surface area contributed by atoms with Crippen LogP contribution < -0.4 is 5.32 Å². The van der Waals surface area contributed by atoms with Crippen molar-refractivity contribution in [2.75, 3.05) is 26.3 Å². The third kappa shape index (κ3) is 5.55. The van der Waals surface area contributed by atoms with Crippen molar-refractivity contribution in [2.45, 2.75) is 39.2 Å². The van der Waals surface area contributed by atoms with Crippen molar-refractivity contribution in [3.8, 4) is 0 Å². The molecule has 1 aromatic carbocycles. The maximum absolute atomic E-state index is 13.5. The van der Waals surface area contributed by atoms with E-state index in [4.69, 9.17) is 4.74 Å². The van der Waals surface area contributed by atoms with Gasteiger partial charge in [0, 0.05) is 24.9 Å². The Balaban J connectivity index is 1.64. The van der Waals surface area contributed by atoms with Crippen LogP contribution in [0.25, 0.3) is 6.08 Å². The zero-order chi connectivity index (χ0) is 19.9. The number of ether oxygens (including phenoxy) is 1. The van der Waals surface area contributed by atoms with E-state index in [-0.39, 0.29) is 17.8 Å². The first-order chi connectivity index (χ1) is 13.5. The number of hydrogen-bond donors (Lipinski definition) is 1. The number of rotatable bonds is 6. The van der Waals surface area contributed by atoms with E-state index in [0.29, 0.717) is 5.56 Å². The van der Waals surface area contributed by atoms with Crippen LogP contribution in [0.2, 0.25) is 0 Å². The fourth-order valence-electron chi connectivity index (χ4n) is 3.73. The van der Waals surface area contributed by atoms with Gasteiger partial charge in [0.15, 0.2) is 0 Å². The zero-order valence-corrected chi connectivity index (χ0v) is 16.7. The van der Waals surface area contributed by atoms with Gasteiger partial charge in [0.05, 0.1) is 19.3 Å². The smallest absolute Gasteiger partial charge is 0.244 e. The topological polar surface area (TPSA) is 41.6 Å². The average molecular weight is 384 g/mol. The Labute approximate surface area is 166 Å². The molecule has 2 aliphatic rings. The summed E-state index contributed by atoms with van der Waals surface area (Å²) < 4.78 is 18.9. The van der Waals surface area contributed by atoms with Gasteiger partial charge in [0.2, 0.25) is 5.91 Å². The predicted molar refractivity (Wildman–Crippen MR) is 110 cm³/mol. The van der Waals surface area contributed by atoms with Crippen molar-refractivity contribution in [3.05, 3.63) is 64.6 Å². The molecule has 3 rings (SSSR count). The number of nitrogens with one attached hydrogen (secondary N) is 1. The summed E-state index contributed by atoms with van der Waals surface area (Å²) >= 11 is 0. The molecule has 28 heavy (non-hydrogen) atoms. The molecule has 0 radical (unpaired) electrons. The molecule has 1 amide bonds. The van der Waals surface area contributed by atoms with E-state index in [1.807, 2.05) is 13.0 Å². The number of benzene rings is 1. The normalized spacial score (nSPS) is 18.6. The van der Waals surface area contributed by atoms with Crippen LogP contribution in [0, 0.1) is 12.7 Å². The van der Waals surface area contributed by atoms with Crippen LogP contribution in [0.3, 0.4) is 0 Å². The van der Waals surface area contributed by atoms with Crippen molar-refractivity contribution in [2.24, 2.45) is 0 Å². The standard InChI is InChI=1S/C23H29FN2O2/c1-3-22(19-5-4-6-21(16-19)26-9-11-28-12-10-26)25-23(27)8-7-18-13-17(2)14-20(24)15-18/h5,7-8,13-16,22H,3-4,6,9-12H2,1-2H3,(H,25,27)/b8-7+. The van der Waals surface area contributed by atoms with Crippen LogP contribution in [0.4, 0.5) is 4.39 Å². The number of nitrogens with zero attached hydrogens (tertiary/aromatic N) is 1. The average Bonchev–Trinajstić information content (AvgIpc) is 2.70. The number of hydrogen-bond acceptors (Lipinski definition) is 3. The minimum absolute atomic E-state index is 0.0252. The lowest BCUT2D eigenvalue weighted by Gasteiger charge is -2.33. The SMILES string of the molecule is CCC(NC(=O)/C=C/c1cc(C)cc(F)c1)C1=CCCC(N2CCOCC2)=C1. The van der Waals surface area contributed by atoms with Gasteiger partial charge in [-0.25, -0.2) is 4.39 Å². The third-order valence-electron chi connectivity index (χ3n) is 5.15. The van der Waals surface area contributed by atoms with E-state index in [1.54, 1.807) is 6.08 Å². The summed E-state index contributed by atoms with van der Waals surface area (Å²) in [6.45, 7) is 7.31. The van der Waals surface area contributed by atoms with E-state index >= 15 is 0 Å². The summed E-state index contributed by atoms with van der Waals surface area (Å²) in [7, 11) is 0. The maximum atomic E-state index is 13.5. The second kappa shape index (κ2) is 9.69. The first-order valence-corrected chi connectivity index (χ1v) is 10.0. The van der Waals surface area contributed by atoms with Gasteiger partial charge >= 0.3 is 0 Å². The molecule has 0 bridgehead atoms. The largest absolute Gasteiger partial charge is 0.378 e. The predicted octanol–water partition coefficient (Wildman–Crippen LogP) is 3.98. The second-order valence-electron chi connectivity index (χ2n) is 7.34. The highest BCUT2D eigenvalue weighted by Gasteiger charge is 2.20. The molecule has 1 aliphatic heterocycles. The minimum Gasteiger partial charge on any atom is -0.378 e. The lowest BCUT2D eigenvalue weighted by molar-refractivity contribution is -0.116. The van der Waals surface area contributed by atoms with E-state index in [0.717, 1.165) is 51.1 Å². The first kappa shape index (κ1) is 20.3. The van der Waals surface area contributed by atoms with Crippen LogP contribution in [-0.2, 0) is 9.53 Å². The van der Waals surface area contributed by atoms with Gasteiger partial charge in [-0.05, 0) is 67.2 Å². The molecule has 0 spiro atoms. The Hall–Kier alpha value is -2.40. The number of allylic oxidation sites excluding steroid dienone is 2. The summed E-state index contributed by atoms with van der Waals surface area (Å²) in [6.07, 6.45) is 10.4. The summed E-state index contributed by atoms with van der Waals surface area (Å²) in [5.41, 5.74) is 4.02. The number of carbonyl (C=O) groups is 1. The molecule has 0 aromatic heterocycles. The molecule has 1 heterocycles. The fourth-order valence-corrected chi connectivity index (χ4v) is 3.73. The monoisotopic (exact) mass is 384 g/mol. The molecule has 1 saturated heterocycles. The highest BCUT2D eigenvalue weighted by molar-refractivity contribution is 5.92. The highest BCUT2D eigenvalue weighted by atomic mass is 19.1. The quantitative estimate of drug-likeness (QED) is 0.755. The molecule has 1 aromatic rings. The molecule has 5 heteroatoms. The van der Waals surface area contributed by atoms with E-state index in [2.05, 4.69) is 29.3 Å². The third-order valence-corrected chi connectivity index (χ3v) is 5.15. The van der Waals surface area contributed by atoms with Crippen LogP contribution in [-0.4, -0.2) is 43.2 Å². The number of carbonyl (C=O) groups excluding carboxylic acids is 1. The molecule has 1 atom stereocenters. The van der Waals surface area contributed by atoms with Crippen LogP contribution >= 0.6 is 0 Å². The molecule has 1 aliphatic carbocycles. The maximum Gasteiger partial charge on any atom is 0.244 e. The van der Waals surface area contributed by atoms with Gasteiger partial charge in [0.25, 0.3) is 0 Å². The van der Waals surface area contributed by atoms with E-state index < -0.39 is 0 Å². The lowest BCUT2D eigenvalue weighted by atomic mass is 9.95. The molecule has 0 saturated carbocycles. The summed E-state index contributed by atoms with van der Waals surface area (Å²) in [4.78, 5) is 14.8. The number of amides is 1. The van der Waals surface area contributed by atoms with Crippen LogP contribution in [0.15, 0.2) is 47.7 Å². The Morgan fingerprint density at radius 1 is 1.32 bits per heavy atom. The van der Waals surface area contributed by atoms with E-state index in [9.17, 15) is 9.18 Å². The lowest BCUT2D eigenvalue weighted by Crippen LogP contribution is -2.38. The van der Waals surface area contributed by atoms with Crippen LogP contribution in [0.5, 0.6) is 0 Å². The molecule has 1 unspecified atom stereocenters. The first-order valence-electron chi connectivity index (χ1n) is 10.0. The van der Waals surface area contributed by atoms with Crippen molar-refractivity contribution in [1.29, 1.82) is 0 Å². The molecule has 4 nitrogen and oxygen atoms in total. The van der Waals surface area contributed by atoms with Gasteiger partial charge in [-0.3, -0.25) is 4.79 Å². The van der Waals surface area contributed by atoms with Gasteiger partial charge in [-0.15, -0.1) is 0 Å². The van der Waals surface area contributed by atoms with Crippen molar-refractivity contribution < 1.29 is 13.9 Å². The second-order valence-corrected chi connectivity index (χ2v) is 7.34. The number of morpholine rings is 1.